The number of ether oxygens (including phenoxy) is 1. The second-order valence-electron chi connectivity index (χ2n) is 4.68. The molecule has 0 radical (unpaired) electrons. The lowest BCUT2D eigenvalue weighted by atomic mass is 10.1. The maximum Gasteiger partial charge on any atom is 0.307 e. The van der Waals surface area contributed by atoms with Crippen LogP contribution in [0.3, 0.4) is 0 Å². The molecule has 1 amide bonds. The number of hydrogen-bond acceptors (Lipinski definition) is 3. The van der Waals surface area contributed by atoms with Crippen LogP contribution in [0, 0.1) is 0 Å². The Bertz CT molecular complexity index is 528. The average Bonchev–Trinajstić information content (AvgIpc) is 2.71. The molecule has 0 fully saturated rings. The summed E-state index contributed by atoms with van der Waals surface area (Å²) in [5.41, 5.74) is 0.543. The molecular weight excluding hydrogens is 392 g/mol. The van der Waals surface area contributed by atoms with Crippen LogP contribution in [0.2, 0.25) is 0 Å². The van der Waals surface area contributed by atoms with Crippen molar-refractivity contribution in [3.05, 3.63) is 20.8 Å². The van der Waals surface area contributed by atoms with Gasteiger partial charge >= 0.3 is 5.97 Å². The summed E-state index contributed by atoms with van der Waals surface area (Å²) in [4.78, 5) is 23.6. The quantitative estimate of drug-likeness (QED) is 0.602. The summed E-state index contributed by atoms with van der Waals surface area (Å²) in [6, 6.07) is 1.62. The third-order valence-corrected chi connectivity index (χ3v) is 5.14. The van der Waals surface area contributed by atoms with Crippen LogP contribution in [0.15, 0.2) is 15.1 Å². The minimum atomic E-state index is -0.234. The van der Waals surface area contributed by atoms with Crippen molar-refractivity contribution in [3.8, 4) is 0 Å². The normalized spacial score (nSPS) is 17.6. The standard InChI is InChI=1S/C13H16Br2N2O3/c1-2-3-4-20-11(18)5-8-7-16-13(19)10-6-9(14)12(15)17(8)10/h6,8H,2-5,7H2,1H3,(H,16,19)/t8-/m0/s1. The molecule has 7 heteroatoms. The summed E-state index contributed by atoms with van der Waals surface area (Å²) in [6.45, 7) is 2.93. The van der Waals surface area contributed by atoms with Gasteiger partial charge in [0, 0.05) is 6.54 Å². The van der Waals surface area contributed by atoms with Crippen molar-refractivity contribution in [2.45, 2.75) is 32.2 Å². The highest BCUT2D eigenvalue weighted by atomic mass is 79.9. The molecule has 0 aliphatic carbocycles. The number of hydrogen-bond donors (Lipinski definition) is 1. The lowest BCUT2D eigenvalue weighted by molar-refractivity contribution is -0.144. The first-order valence-corrected chi connectivity index (χ1v) is 8.13. The van der Waals surface area contributed by atoms with Crippen LogP contribution in [0.4, 0.5) is 0 Å². The predicted octanol–water partition coefficient (Wildman–Crippen LogP) is 3.03. The Labute approximate surface area is 134 Å². The molecule has 1 aliphatic rings. The minimum Gasteiger partial charge on any atom is -0.466 e. The molecule has 1 aromatic rings. The van der Waals surface area contributed by atoms with Crippen molar-refractivity contribution >= 4 is 43.7 Å². The van der Waals surface area contributed by atoms with Crippen molar-refractivity contribution in [2.24, 2.45) is 0 Å². The molecule has 0 bridgehead atoms. The first kappa shape index (κ1) is 15.6. The van der Waals surface area contributed by atoms with Crippen LogP contribution >= 0.6 is 31.9 Å². The van der Waals surface area contributed by atoms with Crippen molar-refractivity contribution < 1.29 is 14.3 Å². The van der Waals surface area contributed by atoms with Crippen LogP contribution < -0.4 is 5.32 Å². The Morgan fingerprint density at radius 3 is 3.00 bits per heavy atom. The third kappa shape index (κ3) is 3.25. The van der Waals surface area contributed by atoms with E-state index in [-0.39, 0.29) is 24.3 Å². The summed E-state index contributed by atoms with van der Waals surface area (Å²) in [7, 11) is 0. The highest BCUT2D eigenvalue weighted by Gasteiger charge is 2.30. The summed E-state index contributed by atoms with van der Waals surface area (Å²) in [5.74, 6) is -0.366. The van der Waals surface area contributed by atoms with Gasteiger partial charge in [0.2, 0.25) is 0 Å². The molecule has 0 spiro atoms. The van der Waals surface area contributed by atoms with Gasteiger partial charge in [0.05, 0.1) is 28.1 Å². The fraction of sp³-hybridized carbons (Fsp3) is 0.538. The van der Waals surface area contributed by atoms with Gasteiger partial charge in [0.25, 0.3) is 5.91 Å². The number of nitrogens with one attached hydrogen (secondary N) is 1. The Balaban J connectivity index is 2.09. The largest absolute Gasteiger partial charge is 0.466 e. The lowest BCUT2D eigenvalue weighted by Crippen LogP contribution is -2.39. The maximum absolute atomic E-state index is 11.8. The first-order valence-electron chi connectivity index (χ1n) is 6.54. The first-order chi connectivity index (χ1) is 9.54. The molecule has 2 heterocycles. The third-order valence-electron chi connectivity index (χ3n) is 3.19. The number of unbranched alkanes of at least 4 members (excludes halogenated alkanes) is 1. The molecule has 1 aromatic heterocycles. The van der Waals surface area contributed by atoms with E-state index in [9.17, 15) is 9.59 Å². The predicted molar refractivity (Wildman–Crippen MR) is 81.7 cm³/mol. The molecule has 1 N–H and O–H groups in total. The van der Waals surface area contributed by atoms with Crippen LogP contribution in [0.1, 0.15) is 42.7 Å². The number of fused-ring (bicyclic) bond motifs is 1. The molecule has 5 nitrogen and oxygen atoms in total. The summed E-state index contributed by atoms with van der Waals surface area (Å²) < 4.78 is 8.59. The Morgan fingerprint density at radius 1 is 1.55 bits per heavy atom. The Hall–Kier alpha value is -0.820. The van der Waals surface area contributed by atoms with Gasteiger partial charge in [-0.15, -0.1) is 0 Å². The van der Waals surface area contributed by atoms with Gasteiger partial charge in [-0.2, -0.15) is 0 Å². The van der Waals surface area contributed by atoms with Gasteiger partial charge in [0.1, 0.15) is 5.69 Å². The number of carbonyl (C=O) groups excluding carboxylic acids is 2. The van der Waals surface area contributed by atoms with Crippen LogP contribution in [-0.4, -0.2) is 29.6 Å². The van der Waals surface area contributed by atoms with Gasteiger partial charge in [-0.25, -0.2) is 0 Å². The van der Waals surface area contributed by atoms with Crippen LogP contribution in [-0.2, 0) is 9.53 Å². The maximum atomic E-state index is 11.8. The molecule has 20 heavy (non-hydrogen) atoms. The SMILES string of the molecule is CCCCOC(=O)C[C@H]1CNC(=O)c2cc(Br)c(Br)n21. The topological polar surface area (TPSA) is 60.3 Å². The van der Waals surface area contributed by atoms with E-state index in [2.05, 4.69) is 37.2 Å². The second kappa shape index (κ2) is 6.76. The number of amides is 1. The highest BCUT2D eigenvalue weighted by Crippen LogP contribution is 2.33. The average molecular weight is 408 g/mol. The molecule has 0 aromatic carbocycles. The fourth-order valence-corrected chi connectivity index (χ4v) is 3.14. The summed E-state index contributed by atoms with van der Waals surface area (Å²) in [5, 5.41) is 2.79. The molecule has 0 unspecified atom stereocenters. The molecule has 0 saturated heterocycles. The summed E-state index contributed by atoms with van der Waals surface area (Å²) in [6.07, 6.45) is 2.11. The highest BCUT2D eigenvalue weighted by molar-refractivity contribution is 9.13. The van der Waals surface area contributed by atoms with Gasteiger partial charge in [0.15, 0.2) is 0 Å². The van der Waals surface area contributed by atoms with E-state index < -0.39 is 0 Å². The fourth-order valence-electron chi connectivity index (χ4n) is 2.14. The van der Waals surface area contributed by atoms with Crippen molar-refractivity contribution in [1.29, 1.82) is 0 Å². The van der Waals surface area contributed by atoms with Crippen molar-refractivity contribution in [2.75, 3.05) is 13.2 Å². The zero-order valence-electron chi connectivity index (χ0n) is 11.1. The molecule has 1 aliphatic heterocycles. The van der Waals surface area contributed by atoms with Crippen LogP contribution in [0.25, 0.3) is 0 Å². The van der Waals surface area contributed by atoms with E-state index in [1.165, 1.54) is 0 Å². The molecule has 0 saturated carbocycles. The van der Waals surface area contributed by atoms with Gasteiger partial charge in [-0.05, 0) is 44.3 Å². The van der Waals surface area contributed by atoms with Gasteiger partial charge < -0.3 is 14.6 Å². The monoisotopic (exact) mass is 406 g/mol. The molecule has 2 rings (SSSR count). The van der Waals surface area contributed by atoms with E-state index in [1.807, 2.05) is 11.5 Å². The number of halogens is 2. The second-order valence-corrected chi connectivity index (χ2v) is 6.29. The van der Waals surface area contributed by atoms with E-state index in [0.29, 0.717) is 18.8 Å². The van der Waals surface area contributed by atoms with Crippen molar-refractivity contribution in [3.63, 3.8) is 0 Å². The number of rotatable bonds is 5. The van der Waals surface area contributed by atoms with E-state index in [1.54, 1.807) is 6.07 Å². The number of esters is 1. The van der Waals surface area contributed by atoms with E-state index in [4.69, 9.17) is 4.74 Å². The molecular formula is C13H16Br2N2O3. The number of nitrogens with zero attached hydrogens (tertiary/aromatic N) is 1. The molecule has 1 atom stereocenters. The smallest absolute Gasteiger partial charge is 0.307 e. The Kier molecular flexibility index (Phi) is 5.26. The number of carbonyl (C=O) groups is 2. The van der Waals surface area contributed by atoms with Gasteiger partial charge in [-0.1, -0.05) is 13.3 Å². The Morgan fingerprint density at radius 2 is 2.30 bits per heavy atom. The molecule has 110 valence electrons. The number of aromatic nitrogens is 1. The van der Waals surface area contributed by atoms with E-state index >= 15 is 0 Å². The zero-order chi connectivity index (χ0) is 14.7. The summed E-state index contributed by atoms with van der Waals surface area (Å²) >= 11 is 6.83. The lowest BCUT2D eigenvalue weighted by Gasteiger charge is -2.26. The zero-order valence-corrected chi connectivity index (χ0v) is 14.3. The minimum absolute atomic E-state index is 0.127. The van der Waals surface area contributed by atoms with Crippen molar-refractivity contribution in [1.82, 2.24) is 9.88 Å². The van der Waals surface area contributed by atoms with E-state index in [0.717, 1.165) is 21.9 Å². The van der Waals surface area contributed by atoms with Gasteiger partial charge in [-0.3, -0.25) is 9.59 Å². The van der Waals surface area contributed by atoms with Crippen LogP contribution in [0.5, 0.6) is 0 Å².